The number of Topliss-reactive ketones (excluding diaryl/α,β-unsaturated/α-hetero) is 1. The Morgan fingerprint density at radius 3 is 2.57 bits per heavy atom. The van der Waals surface area contributed by atoms with E-state index >= 15 is 0 Å². The Bertz CT molecular complexity index is 796. The van der Waals surface area contributed by atoms with Crippen molar-refractivity contribution < 1.29 is 29.6 Å². The zero-order chi connectivity index (χ0) is 16.7. The van der Waals surface area contributed by atoms with E-state index in [1.807, 2.05) is 0 Å². The third kappa shape index (κ3) is 2.42. The van der Waals surface area contributed by atoms with Crippen LogP contribution in [0.25, 0.3) is 0 Å². The zero-order valence-electron chi connectivity index (χ0n) is 12.7. The molecule has 0 saturated carbocycles. The normalized spacial score (nSPS) is 16.6. The first-order valence-electron chi connectivity index (χ1n) is 7.04. The van der Waals surface area contributed by atoms with E-state index in [1.54, 1.807) is 19.1 Å². The molecule has 0 bridgehead atoms. The van der Waals surface area contributed by atoms with Crippen LogP contribution in [0, 0.1) is 6.92 Å². The Labute approximate surface area is 132 Å². The second-order valence-electron chi connectivity index (χ2n) is 5.41. The number of phenolic OH excluding ortho intramolecular Hbond substituents is 3. The summed E-state index contributed by atoms with van der Waals surface area (Å²) >= 11 is 0. The molecule has 0 aromatic heterocycles. The quantitative estimate of drug-likeness (QED) is 0.788. The number of fused-ring (bicyclic) bond motifs is 1. The second-order valence-corrected chi connectivity index (χ2v) is 5.41. The summed E-state index contributed by atoms with van der Waals surface area (Å²) < 4.78 is 10.9. The summed E-state index contributed by atoms with van der Waals surface area (Å²) in [7, 11) is 1.43. The summed E-state index contributed by atoms with van der Waals surface area (Å²) in [6, 6.07) is 5.83. The maximum absolute atomic E-state index is 12.4. The first-order chi connectivity index (χ1) is 10.9. The Hall–Kier alpha value is -2.89. The highest BCUT2D eigenvalue weighted by Gasteiger charge is 2.32. The van der Waals surface area contributed by atoms with Gasteiger partial charge in [0.05, 0.1) is 13.5 Å². The molecule has 1 aliphatic rings. The van der Waals surface area contributed by atoms with Gasteiger partial charge in [0.25, 0.3) is 0 Å². The third-order valence-corrected chi connectivity index (χ3v) is 3.97. The van der Waals surface area contributed by atoms with E-state index in [4.69, 9.17) is 9.47 Å². The van der Waals surface area contributed by atoms with Crippen molar-refractivity contribution in [2.45, 2.75) is 19.4 Å². The summed E-state index contributed by atoms with van der Waals surface area (Å²) in [6.45, 7) is 1.61. The van der Waals surface area contributed by atoms with Gasteiger partial charge in [0.2, 0.25) is 0 Å². The number of ketones is 1. The summed E-state index contributed by atoms with van der Waals surface area (Å²) in [4.78, 5) is 12.4. The molecule has 0 saturated heterocycles. The number of carbonyl (C=O) groups excluding carboxylic acids is 1. The lowest BCUT2D eigenvalue weighted by atomic mass is 9.93. The van der Waals surface area contributed by atoms with E-state index < -0.39 is 6.10 Å². The monoisotopic (exact) mass is 316 g/mol. The Morgan fingerprint density at radius 2 is 1.87 bits per heavy atom. The smallest absolute Gasteiger partial charge is 0.174 e. The van der Waals surface area contributed by atoms with Crippen molar-refractivity contribution in [2.24, 2.45) is 0 Å². The SMILES string of the molecule is COc1cc([C@@H]2CC(=O)c3c(O)cc(O)c(C)c3O2)ccc1O. The fourth-order valence-electron chi connectivity index (χ4n) is 2.68. The molecule has 0 aliphatic carbocycles. The van der Waals surface area contributed by atoms with Gasteiger partial charge < -0.3 is 24.8 Å². The van der Waals surface area contributed by atoms with Crippen LogP contribution in [0.2, 0.25) is 0 Å². The van der Waals surface area contributed by atoms with Crippen molar-refractivity contribution in [3.05, 3.63) is 41.0 Å². The van der Waals surface area contributed by atoms with E-state index in [9.17, 15) is 20.1 Å². The van der Waals surface area contributed by atoms with Gasteiger partial charge >= 0.3 is 0 Å². The first kappa shape index (κ1) is 15.0. The van der Waals surface area contributed by atoms with Crippen LogP contribution in [-0.4, -0.2) is 28.2 Å². The molecular formula is C17H16O6. The highest BCUT2D eigenvalue weighted by atomic mass is 16.5. The topological polar surface area (TPSA) is 96.2 Å². The molecule has 3 rings (SSSR count). The molecule has 0 radical (unpaired) electrons. The fourth-order valence-corrected chi connectivity index (χ4v) is 2.68. The van der Waals surface area contributed by atoms with Crippen molar-refractivity contribution in [1.29, 1.82) is 0 Å². The molecule has 0 unspecified atom stereocenters. The standard InChI is InChI=1S/C17H16O6/c1-8-11(19)6-12(20)16-13(21)7-14(23-17(8)16)9-3-4-10(18)15(5-9)22-2/h3-6,14,18-20H,7H2,1-2H3/t14-/m0/s1. The molecule has 120 valence electrons. The van der Waals surface area contributed by atoms with Gasteiger partial charge in [-0.1, -0.05) is 6.07 Å². The van der Waals surface area contributed by atoms with Crippen LogP contribution in [0.1, 0.15) is 34.0 Å². The number of phenols is 3. The number of hydrogen-bond acceptors (Lipinski definition) is 6. The van der Waals surface area contributed by atoms with Crippen molar-refractivity contribution in [2.75, 3.05) is 7.11 Å². The van der Waals surface area contributed by atoms with Gasteiger partial charge in [-0.15, -0.1) is 0 Å². The Morgan fingerprint density at radius 1 is 1.13 bits per heavy atom. The lowest BCUT2D eigenvalue weighted by Crippen LogP contribution is -2.21. The van der Waals surface area contributed by atoms with Crippen LogP contribution >= 0.6 is 0 Å². The van der Waals surface area contributed by atoms with Gasteiger partial charge in [0, 0.05) is 11.6 Å². The summed E-state index contributed by atoms with van der Waals surface area (Å²) in [5.74, 6) is -0.266. The minimum atomic E-state index is -0.593. The minimum absolute atomic E-state index is 0.00902. The molecule has 1 aliphatic heterocycles. The molecular weight excluding hydrogens is 300 g/mol. The van der Waals surface area contributed by atoms with Crippen LogP contribution in [0.5, 0.6) is 28.7 Å². The first-order valence-corrected chi connectivity index (χ1v) is 7.04. The number of rotatable bonds is 2. The molecule has 6 nitrogen and oxygen atoms in total. The van der Waals surface area contributed by atoms with Crippen molar-refractivity contribution >= 4 is 5.78 Å². The number of carbonyl (C=O) groups is 1. The lowest BCUT2D eigenvalue weighted by molar-refractivity contribution is 0.0842. The number of aromatic hydroxyl groups is 3. The average Bonchev–Trinajstić information content (AvgIpc) is 2.52. The predicted octanol–water partition coefficient (Wildman–Crippen LogP) is 2.83. The van der Waals surface area contributed by atoms with Crippen LogP contribution in [0.15, 0.2) is 24.3 Å². The maximum Gasteiger partial charge on any atom is 0.174 e. The lowest BCUT2D eigenvalue weighted by Gasteiger charge is -2.28. The summed E-state index contributed by atoms with van der Waals surface area (Å²) in [5, 5.41) is 29.4. The molecule has 2 aromatic carbocycles. The summed E-state index contributed by atoms with van der Waals surface area (Å²) in [6.07, 6.45) is -0.553. The second kappa shape index (κ2) is 5.39. The molecule has 1 heterocycles. The van der Waals surface area contributed by atoms with Gasteiger partial charge in [0.15, 0.2) is 17.3 Å². The minimum Gasteiger partial charge on any atom is -0.507 e. The van der Waals surface area contributed by atoms with Crippen LogP contribution < -0.4 is 9.47 Å². The van der Waals surface area contributed by atoms with Gasteiger partial charge in [0.1, 0.15) is 28.9 Å². The largest absolute Gasteiger partial charge is 0.507 e. The molecule has 6 heteroatoms. The molecule has 0 amide bonds. The number of hydrogen-bond donors (Lipinski definition) is 3. The van der Waals surface area contributed by atoms with E-state index in [0.29, 0.717) is 11.1 Å². The zero-order valence-corrected chi connectivity index (χ0v) is 12.7. The Kier molecular flexibility index (Phi) is 3.52. The molecule has 0 fully saturated rings. The fraction of sp³-hybridized carbons (Fsp3) is 0.235. The molecule has 0 spiro atoms. The maximum atomic E-state index is 12.4. The van der Waals surface area contributed by atoms with Crippen molar-refractivity contribution in [1.82, 2.24) is 0 Å². The van der Waals surface area contributed by atoms with Gasteiger partial charge in [-0.2, -0.15) is 0 Å². The molecule has 2 aromatic rings. The number of ether oxygens (including phenoxy) is 2. The van der Waals surface area contributed by atoms with Crippen LogP contribution in [0.3, 0.4) is 0 Å². The van der Waals surface area contributed by atoms with Crippen LogP contribution in [0.4, 0.5) is 0 Å². The third-order valence-electron chi connectivity index (χ3n) is 3.97. The van der Waals surface area contributed by atoms with Crippen molar-refractivity contribution in [3.8, 4) is 28.7 Å². The van der Waals surface area contributed by atoms with E-state index in [0.717, 1.165) is 6.07 Å². The Balaban J connectivity index is 2.05. The average molecular weight is 316 g/mol. The highest BCUT2D eigenvalue weighted by molar-refractivity contribution is 6.03. The summed E-state index contributed by atoms with van der Waals surface area (Å²) in [5.41, 5.74) is 1.13. The van der Waals surface area contributed by atoms with E-state index in [-0.39, 0.29) is 46.5 Å². The van der Waals surface area contributed by atoms with Crippen LogP contribution in [-0.2, 0) is 0 Å². The highest BCUT2D eigenvalue weighted by Crippen LogP contribution is 2.45. The van der Waals surface area contributed by atoms with Gasteiger partial charge in [-0.3, -0.25) is 4.79 Å². The number of benzene rings is 2. The van der Waals surface area contributed by atoms with Gasteiger partial charge in [-0.25, -0.2) is 0 Å². The predicted molar refractivity (Wildman–Crippen MR) is 81.5 cm³/mol. The molecule has 3 N–H and O–H groups in total. The van der Waals surface area contributed by atoms with Gasteiger partial charge in [-0.05, 0) is 24.6 Å². The molecule has 1 atom stereocenters. The van der Waals surface area contributed by atoms with E-state index in [1.165, 1.54) is 13.2 Å². The number of methoxy groups -OCH3 is 1. The molecule has 23 heavy (non-hydrogen) atoms. The van der Waals surface area contributed by atoms with Crippen molar-refractivity contribution in [3.63, 3.8) is 0 Å². The van der Waals surface area contributed by atoms with E-state index in [2.05, 4.69) is 0 Å².